The number of β-amino-alcohol motifs (C(OH)–C–C–N with tert-alkyl or cyclic N) is 1. The van der Waals surface area contributed by atoms with Gasteiger partial charge in [-0.2, -0.15) is 5.10 Å². The summed E-state index contributed by atoms with van der Waals surface area (Å²) < 4.78 is 1.60. The quantitative estimate of drug-likeness (QED) is 0.746. The largest absolute Gasteiger partial charge is 0.395 e. The van der Waals surface area contributed by atoms with Crippen molar-refractivity contribution in [1.29, 1.82) is 0 Å². The second kappa shape index (κ2) is 5.29. The third-order valence-electron chi connectivity index (χ3n) is 3.12. The minimum absolute atomic E-state index is 0.0358. The van der Waals surface area contributed by atoms with Crippen molar-refractivity contribution in [3.63, 3.8) is 0 Å². The molecule has 1 saturated heterocycles. The molecule has 0 spiro atoms. The Bertz CT molecular complexity index is 383. The Morgan fingerprint density at radius 1 is 1.41 bits per heavy atom. The molecule has 0 unspecified atom stereocenters. The van der Waals surface area contributed by atoms with Crippen LogP contribution in [0.2, 0.25) is 0 Å². The second-order valence-corrected chi connectivity index (χ2v) is 4.20. The van der Waals surface area contributed by atoms with Crippen molar-refractivity contribution in [2.75, 3.05) is 39.3 Å². The van der Waals surface area contributed by atoms with Gasteiger partial charge < -0.3 is 10.0 Å². The first kappa shape index (κ1) is 12.1. The van der Waals surface area contributed by atoms with Gasteiger partial charge in [0.1, 0.15) is 5.69 Å². The average molecular weight is 238 g/mol. The number of hydrogen-bond donors (Lipinski definition) is 1. The Labute approximate surface area is 100 Å². The average Bonchev–Trinajstić information content (AvgIpc) is 2.76. The highest BCUT2D eigenvalue weighted by molar-refractivity contribution is 5.92. The van der Waals surface area contributed by atoms with Crippen LogP contribution >= 0.6 is 0 Å². The summed E-state index contributed by atoms with van der Waals surface area (Å²) in [6.07, 6.45) is 1.63. The van der Waals surface area contributed by atoms with Crippen molar-refractivity contribution in [3.8, 4) is 0 Å². The molecule has 1 aliphatic heterocycles. The van der Waals surface area contributed by atoms with Crippen LogP contribution in [0, 0.1) is 0 Å². The number of aryl methyl sites for hydroxylation is 1. The lowest BCUT2D eigenvalue weighted by Crippen LogP contribution is -2.49. The summed E-state index contributed by atoms with van der Waals surface area (Å²) in [7, 11) is 1.77. The summed E-state index contributed by atoms with van der Waals surface area (Å²) in [6.45, 7) is 3.94. The number of piperazine rings is 1. The molecule has 2 heterocycles. The number of aliphatic hydroxyl groups excluding tert-OH is 1. The van der Waals surface area contributed by atoms with Gasteiger partial charge in [0.25, 0.3) is 5.91 Å². The molecule has 6 heteroatoms. The predicted molar refractivity (Wildman–Crippen MR) is 62.6 cm³/mol. The number of rotatable bonds is 3. The van der Waals surface area contributed by atoms with Crippen LogP contribution in [0.25, 0.3) is 0 Å². The van der Waals surface area contributed by atoms with Gasteiger partial charge in [-0.15, -0.1) is 0 Å². The van der Waals surface area contributed by atoms with Crippen LogP contribution in [0.1, 0.15) is 10.5 Å². The molecule has 0 radical (unpaired) electrons. The molecular formula is C11H18N4O2. The third-order valence-corrected chi connectivity index (χ3v) is 3.12. The van der Waals surface area contributed by atoms with Gasteiger partial charge in [-0.05, 0) is 6.07 Å². The van der Waals surface area contributed by atoms with E-state index in [-0.39, 0.29) is 12.5 Å². The second-order valence-electron chi connectivity index (χ2n) is 4.20. The maximum absolute atomic E-state index is 12.1. The van der Waals surface area contributed by atoms with Crippen LogP contribution in [0.15, 0.2) is 12.3 Å². The number of carbonyl (C=O) groups excluding carboxylic acids is 1. The lowest BCUT2D eigenvalue weighted by Gasteiger charge is -2.34. The molecule has 1 N–H and O–H groups in total. The fourth-order valence-electron chi connectivity index (χ4n) is 2.06. The van der Waals surface area contributed by atoms with E-state index in [1.807, 2.05) is 4.90 Å². The summed E-state index contributed by atoms with van der Waals surface area (Å²) in [5, 5.41) is 12.8. The topological polar surface area (TPSA) is 61.6 Å². The molecule has 0 bridgehead atoms. The van der Waals surface area contributed by atoms with E-state index in [1.165, 1.54) is 0 Å². The van der Waals surface area contributed by atoms with Crippen LogP contribution in [0.5, 0.6) is 0 Å². The van der Waals surface area contributed by atoms with E-state index in [1.54, 1.807) is 24.0 Å². The molecule has 17 heavy (non-hydrogen) atoms. The summed E-state index contributed by atoms with van der Waals surface area (Å²) >= 11 is 0. The molecule has 0 aliphatic carbocycles. The highest BCUT2D eigenvalue weighted by Crippen LogP contribution is 2.07. The van der Waals surface area contributed by atoms with Gasteiger partial charge in [-0.3, -0.25) is 14.4 Å². The fraction of sp³-hybridized carbons (Fsp3) is 0.636. The minimum atomic E-state index is 0.0358. The number of nitrogens with zero attached hydrogens (tertiary/aromatic N) is 4. The van der Waals surface area contributed by atoms with Crippen molar-refractivity contribution < 1.29 is 9.90 Å². The van der Waals surface area contributed by atoms with Crippen LogP contribution in [0.4, 0.5) is 0 Å². The zero-order chi connectivity index (χ0) is 12.3. The maximum Gasteiger partial charge on any atom is 0.272 e. The zero-order valence-electron chi connectivity index (χ0n) is 10.0. The monoisotopic (exact) mass is 238 g/mol. The van der Waals surface area contributed by atoms with Gasteiger partial charge in [0.15, 0.2) is 0 Å². The van der Waals surface area contributed by atoms with Crippen LogP contribution in [-0.2, 0) is 7.05 Å². The molecule has 0 aromatic carbocycles. The Hall–Kier alpha value is -1.40. The Morgan fingerprint density at radius 3 is 2.65 bits per heavy atom. The van der Waals surface area contributed by atoms with Crippen molar-refractivity contribution in [1.82, 2.24) is 19.6 Å². The SMILES string of the molecule is Cn1nccc1C(=O)N1CCN(CCO)CC1. The standard InChI is InChI=1S/C11H18N4O2/c1-13-10(2-3-12-13)11(17)15-6-4-14(5-7-15)8-9-16/h2-3,16H,4-9H2,1H3. The molecule has 1 amide bonds. The molecule has 0 atom stereocenters. The molecule has 1 aromatic rings. The Morgan fingerprint density at radius 2 is 2.12 bits per heavy atom. The summed E-state index contributed by atoms with van der Waals surface area (Å²) in [4.78, 5) is 16.1. The van der Waals surface area contributed by atoms with Crippen molar-refractivity contribution in [3.05, 3.63) is 18.0 Å². The van der Waals surface area contributed by atoms with E-state index in [0.29, 0.717) is 25.3 Å². The molecule has 0 saturated carbocycles. The summed E-state index contributed by atoms with van der Waals surface area (Å²) in [5.74, 6) is 0.0358. The first-order chi connectivity index (χ1) is 8.22. The number of aromatic nitrogens is 2. The normalized spacial score (nSPS) is 17.4. The van der Waals surface area contributed by atoms with Gasteiger partial charge >= 0.3 is 0 Å². The number of carbonyl (C=O) groups is 1. The maximum atomic E-state index is 12.1. The summed E-state index contributed by atoms with van der Waals surface area (Å²) in [6, 6.07) is 1.74. The molecule has 1 aliphatic rings. The lowest BCUT2D eigenvalue weighted by molar-refractivity contribution is 0.0604. The van der Waals surface area contributed by atoms with E-state index < -0.39 is 0 Å². The van der Waals surface area contributed by atoms with Crippen molar-refractivity contribution in [2.45, 2.75) is 0 Å². The first-order valence-electron chi connectivity index (χ1n) is 5.83. The lowest BCUT2D eigenvalue weighted by atomic mass is 10.2. The highest BCUT2D eigenvalue weighted by Gasteiger charge is 2.23. The number of hydrogen-bond acceptors (Lipinski definition) is 4. The number of aliphatic hydroxyl groups is 1. The van der Waals surface area contributed by atoms with Gasteiger partial charge in [0, 0.05) is 46.0 Å². The first-order valence-corrected chi connectivity index (χ1v) is 5.83. The molecule has 2 rings (SSSR count). The van der Waals surface area contributed by atoms with Crippen LogP contribution in [0.3, 0.4) is 0 Å². The Kier molecular flexibility index (Phi) is 3.75. The molecular weight excluding hydrogens is 220 g/mol. The van der Waals surface area contributed by atoms with Crippen molar-refractivity contribution in [2.24, 2.45) is 7.05 Å². The van der Waals surface area contributed by atoms with E-state index in [9.17, 15) is 4.79 Å². The smallest absolute Gasteiger partial charge is 0.272 e. The van der Waals surface area contributed by atoms with E-state index >= 15 is 0 Å². The fourth-order valence-corrected chi connectivity index (χ4v) is 2.06. The Balaban J connectivity index is 1.93. The minimum Gasteiger partial charge on any atom is -0.395 e. The third kappa shape index (κ3) is 2.65. The van der Waals surface area contributed by atoms with Crippen LogP contribution in [-0.4, -0.2) is 69.9 Å². The summed E-state index contributed by atoms with van der Waals surface area (Å²) in [5.41, 5.74) is 0.626. The molecule has 6 nitrogen and oxygen atoms in total. The van der Waals surface area contributed by atoms with Gasteiger partial charge in [-0.1, -0.05) is 0 Å². The van der Waals surface area contributed by atoms with Crippen molar-refractivity contribution >= 4 is 5.91 Å². The van der Waals surface area contributed by atoms with E-state index in [2.05, 4.69) is 10.00 Å². The van der Waals surface area contributed by atoms with Gasteiger partial charge in [0.2, 0.25) is 0 Å². The van der Waals surface area contributed by atoms with Gasteiger partial charge in [0.05, 0.1) is 6.61 Å². The zero-order valence-corrected chi connectivity index (χ0v) is 10.0. The van der Waals surface area contributed by atoms with Crippen LogP contribution < -0.4 is 0 Å². The van der Waals surface area contributed by atoms with E-state index in [0.717, 1.165) is 13.1 Å². The van der Waals surface area contributed by atoms with Gasteiger partial charge in [-0.25, -0.2) is 0 Å². The highest BCUT2D eigenvalue weighted by atomic mass is 16.3. The molecule has 1 fully saturated rings. The predicted octanol–water partition coefficient (Wildman–Crippen LogP) is -0.830. The molecule has 94 valence electrons. The number of amides is 1. The van der Waals surface area contributed by atoms with E-state index in [4.69, 9.17) is 5.11 Å². The molecule has 1 aromatic heterocycles.